The minimum Gasteiger partial charge on any atom is -0.493 e. The van der Waals surface area contributed by atoms with Crippen molar-refractivity contribution in [2.45, 2.75) is 0 Å². The second-order valence-corrected chi connectivity index (χ2v) is 9.25. The van der Waals surface area contributed by atoms with Crippen LogP contribution in [0.1, 0.15) is 26.4 Å². The second-order valence-electron chi connectivity index (χ2n) is 8.41. The zero-order valence-corrected chi connectivity index (χ0v) is 22.1. The number of methoxy groups -OCH3 is 1. The van der Waals surface area contributed by atoms with E-state index >= 15 is 0 Å². The molecule has 0 spiro atoms. The lowest BCUT2D eigenvalue weighted by molar-refractivity contribution is 0.0729. The minimum absolute atomic E-state index is 0.258. The number of nitrogens with zero attached hydrogens (tertiary/aromatic N) is 1. The summed E-state index contributed by atoms with van der Waals surface area (Å²) in [6, 6.07) is 26.2. The van der Waals surface area contributed by atoms with Gasteiger partial charge >= 0.3 is 5.97 Å². The van der Waals surface area contributed by atoms with Gasteiger partial charge in [0.25, 0.3) is 5.91 Å². The first-order valence-electron chi connectivity index (χ1n) is 11.8. The summed E-state index contributed by atoms with van der Waals surface area (Å²) < 4.78 is 10.9. The Morgan fingerprint density at radius 2 is 1.67 bits per heavy atom. The first-order valence-corrected chi connectivity index (χ1v) is 12.5. The Morgan fingerprint density at radius 1 is 0.897 bits per heavy atom. The van der Waals surface area contributed by atoms with E-state index in [0.29, 0.717) is 43.7 Å². The number of benzene rings is 4. The number of rotatable bonds is 7. The van der Waals surface area contributed by atoms with Gasteiger partial charge in [0.15, 0.2) is 11.5 Å². The largest absolute Gasteiger partial charge is 0.493 e. The van der Waals surface area contributed by atoms with Gasteiger partial charge in [0.1, 0.15) is 5.69 Å². The molecular formula is C30H21Cl2N3O4. The highest BCUT2D eigenvalue weighted by atomic mass is 35.5. The van der Waals surface area contributed by atoms with Crippen LogP contribution < -0.4 is 14.9 Å². The standard InChI is InChI=1S/C30H21Cl2N3O4/c1-38-26-15-18(11-14-25(26)39-30(37)19-7-3-2-4-8-19)17-33-35-29(36)28-27(21-9-5-6-10-23(21)32)22-16-20(31)12-13-24(22)34-28/h2-17,34H,1H3,(H,35,36). The molecule has 1 aromatic heterocycles. The van der Waals surface area contributed by atoms with Crippen molar-refractivity contribution in [3.05, 3.63) is 118 Å². The van der Waals surface area contributed by atoms with E-state index in [2.05, 4.69) is 15.5 Å². The predicted molar refractivity (Wildman–Crippen MR) is 153 cm³/mol. The zero-order chi connectivity index (χ0) is 27.4. The van der Waals surface area contributed by atoms with Crippen LogP contribution in [0.5, 0.6) is 11.5 Å². The number of ether oxygens (including phenoxy) is 2. The summed E-state index contributed by atoms with van der Waals surface area (Å²) >= 11 is 12.7. The number of aromatic amines is 1. The molecule has 0 bridgehead atoms. The monoisotopic (exact) mass is 557 g/mol. The van der Waals surface area contributed by atoms with Crippen LogP contribution in [0, 0.1) is 0 Å². The lowest BCUT2D eigenvalue weighted by Gasteiger charge is -2.10. The van der Waals surface area contributed by atoms with Gasteiger partial charge in [-0.15, -0.1) is 0 Å². The van der Waals surface area contributed by atoms with E-state index in [-0.39, 0.29) is 5.75 Å². The fraction of sp³-hybridized carbons (Fsp3) is 0.0333. The number of halogens is 2. The smallest absolute Gasteiger partial charge is 0.343 e. The highest BCUT2D eigenvalue weighted by Gasteiger charge is 2.21. The van der Waals surface area contributed by atoms with Crippen molar-refractivity contribution >= 4 is 52.2 Å². The maximum absolute atomic E-state index is 13.2. The van der Waals surface area contributed by atoms with E-state index in [1.165, 1.54) is 13.3 Å². The molecule has 0 aliphatic heterocycles. The number of carbonyl (C=O) groups is 2. The summed E-state index contributed by atoms with van der Waals surface area (Å²) in [4.78, 5) is 28.8. The average molecular weight is 558 g/mol. The third kappa shape index (κ3) is 5.65. The van der Waals surface area contributed by atoms with Crippen LogP contribution in [0.3, 0.4) is 0 Å². The normalized spacial score (nSPS) is 11.1. The highest BCUT2D eigenvalue weighted by Crippen LogP contribution is 2.37. The summed E-state index contributed by atoms with van der Waals surface area (Å²) in [7, 11) is 1.47. The van der Waals surface area contributed by atoms with Crippen molar-refractivity contribution < 1.29 is 19.1 Å². The lowest BCUT2D eigenvalue weighted by Crippen LogP contribution is -2.19. The Labute approximate surface area is 234 Å². The van der Waals surface area contributed by atoms with Crippen LogP contribution in [0.25, 0.3) is 22.0 Å². The number of nitrogens with one attached hydrogen (secondary N) is 2. The molecule has 0 unspecified atom stereocenters. The van der Waals surface area contributed by atoms with E-state index in [4.69, 9.17) is 32.7 Å². The zero-order valence-electron chi connectivity index (χ0n) is 20.6. The van der Waals surface area contributed by atoms with Crippen LogP contribution in [0.2, 0.25) is 10.0 Å². The van der Waals surface area contributed by atoms with E-state index in [0.717, 1.165) is 10.9 Å². The van der Waals surface area contributed by atoms with Crippen molar-refractivity contribution in [1.82, 2.24) is 10.4 Å². The van der Waals surface area contributed by atoms with E-state index in [9.17, 15) is 9.59 Å². The van der Waals surface area contributed by atoms with Crippen LogP contribution in [0.15, 0.2) is 96.1 Å². The molecule has 0 saturated heterocycles. The molecule has 0 radical (unpaired) electrons. The van der Waals surface area contributed by atoms with Gasteiger partial charge in [-0.05, 0) is 60.2 Å². The first kappa shape index (κ1) is 26.0. The maximum atomic E-state index is 13.2. The summed E-state index contributed by atoms with van der Waals surface area (Å²) in [6.07, 6.45) is 1.46. The van der Waals surface area contributed by atoms with Crippen molar-refractivity contribution in [3.63, 3.8) is 0 Å². The molecule has 9 heteroatoms. The van der Waals surface area contributed by atoms with Crippen molar-refractivity contribution in [3.8, 4) is 22.6 Å². The third-order valence-electron chi connectivity index (χ3n) is 5.91. The molecule has 0 aliphatic carbocycles. The molecule has 1 amide bonds. The van der Waals surface area contributed by atoms with Crippen molar-refractivity contribution in [2.24, 2.45) is 5.10 Å². The fourth-order valence-electron chi connectivity index (χ4n) is 4.08. The van der Waals surface area contributed by atoms with Gasteiger partial charge in [-0.25, -0.2) is 10.2 Å². The van der Waals surface area contributed by atoms with Crippen molar-refractivity contribution in [2.75, 3.05) is 7.11 Å². The average Bonchev–Trinajstić information content (AvgIpc) is 3.33. The van der Waals surface area contributed by atoms with Gasteiger partial charge in [-0.2, -0.15) is 5.10 Å². The number of H-pyrrole nitrogens is 1. The summed E-state index contributed by atoms with van der Waals surface area (Å²) in [5, 5.41) is 5.90. The molecule has 1 heterocycles. The van der Waals surface area contributed by atoms with Gasteiger partial charge < -0.3 is 14.5 Å². The number of esters is 1. The van der Waals surface area contributed by atoms with E-state index in [1.807, 2.05) is 24.3 Å². The van der Waals surface area contributed by atoms with Gasteiger partial charge in [0.05, 0.1) is 18.9 Å². The molecule has 4 aromatic carbocycles. The quantitative estimate of drug-likeness (QED) is 0.0962. The van der Waals surface area contributed by atoms with Crippen LogP contribution in [-0.2, 0) is 0 Å². The van der Waals surface area contributed by atoms with E-state index < -0.39 is 11.9 Å². The predicted octanol–water partition coefficient (Wildman–Crippen LogP) is 7.13. The molecule has 0 atom stereocenters. The SMILES string of the molecule is COc1cc(C=NNC(=O)c2[nH]c3ccc(Cl)cc3c2-c2ccccc2Cl)ccc1OC(=O)c1ccccc1. The molecule has 0 aliphatic rings. The molecular weight excluding hydrogens is 537 g/mol. The van der Waals surface area contributed by atoms with Gasteiger partial charge in [-0.3, -0.25) is 4.79 Å². The highest BCUT2D eigenvalue weighted by molar-refractivity contribution is 6.34. The number of carbonyl (C=O) groups excluding carboxylic acids is 2. The van der Waals surface area contributed by atoms with Crippen LogP contribution in [-0.4, -0.2) is 30.2 Å². The topological polar surface area (TPSA) is 92.8 Å². The van der Waals surface area contributed by atoms with Crippen LogP contribution in [0.4, 0.5) is 0 Å². The molecule has 2 N–H and O–H groups in total. The summed E-state index contributed by atoms with van der Waals surface area (Å²) in [5.74, 6) is -0.373. The number of hydrogen-bond donors (Lipinski definition) is 2. The maximum Gasteiger partial charge on any atom is 0.343 e. The Balaban J connectivity index is 1.37. The Kier molecular flexibility index (Phi) is 7.63. The molecule has 5 aromatic rings. The number of amides is 1. The Morgan fingerprint density at radius 3 is 2.44 bits per heavy atom. The number of fused-ring (bicyclic) bond motifs is 1. The number of hydrogen-bond acceptors (Lipinski definition) is 5. The molecule has 0 fully saturated rings. The molecule has 194 valence electrons. The second kappa shape index (κ2) is 11.4. The summed E-state index contributed by atoms with van der Waals surface area (Å²) in [6.45, 7) is 0. The molecule has 39 heavy (non-hydrogen) atoms. The van der Waals surface area contributed by atoms with E-state index in [1.54, 1.807) is 66.7 Å². The number of aromatic nitrogens is 1. The molecule has 0 saturated carbocycles. The van der Waals surface area contributed by atoms with Crippen molar-refractivity contribution in [1.29, 1.82) is 0 Å². The molecule has 7 nitrogen and oxygen atoms in total. The lowest BCUT2D eigenvalue weighted by atomic mass is 10.0. The molecule has 5 rings (SSSR count). The Hall–Kier alpha value is -4.59. The van der Waals surface area contributed by atoms with Gasteiger partial charge in [-0.1, -0.05) is 59.6 Å². The third-order valence-corrected chi connectivity index (χ3v) is 6.48. The van der Waals surface area contributed by atoms with Gasteiger partial charge in [0.2, 0.25) is 0 Å². The van der Waals surface area contributed by atoms with Gasteiger partial charge in [0, 0.05) is 32.1 Å². The fourth-order valence-corrected chi connectivity index (χ4v) is 4.48. The first-order chi connectivity index (χ1) is 18.9. The Bertz CT molecular complexity index is 1710. The summed E-state index contributed by atoms with van der Waals surface area (Å²) in [5.41, 5.74) is 5.92. The number of hydrazone groups is 1. The van der Waals surface area contributed by atoms with Crippen LogP contribution >= 0.6 is 23.2 Å². The minimum atomic E-state index is -0.503.